The van der Waals surface area contributed by atoms with Crippen LogP contribution in [-0.4, -0.2) is 29.2 Å². The van der Waals surface area contributed by atoms with Gasteiger partial charge in [-0.05, 0) is 25.8 Å². The van der Waals surface area contributed by atoms with Crippen LogP contribution in [0.4, 0.5) is 19.0 Å². The van der Waals surface area contributed by atoms with Crippen molar-refractivity contribution < 1.29 is 18.0 Å². The van der Waals surface area contributed by atoms with Gasteiger partial charge in [0.1, 0.15) is 5.56 Å². The number of nitrogens with one attached hydrogen (secondary N) is 2. The molecular formula is C12H15F3N4O. The van der Waals surface area contributed by atoms with Crippen molar-refractivity contribution in [1.82, 2.24) is 15.5 Å². The predicted octanol–water partition coefficient (Wildman–Crippen LogP) is 1.74. The van der Waals surface area contributed by atoms with Crippen molar-refractivity contribution in [2.75, 3.05) is 18.4 Å². The fourth-order valence-corrected chi connectivity index (χ4v) is 1.69. The van der Waals surface area contributed by atoms with Crippen molar-refractivity contribution in [2.24, 2.45) is 5.92 Å². The fourth-order valence-electron chi connectivity index (χ4n) is 1.69. The lowest BCUT2D eigenvalue weighted by Gasteiger charge is -2.13. The second-order valence-corrected chi connectivity index (χ2v) is 4.74. The van der Waals surface area contributed by atoms with Crippen molar-refractivity contribution in [3.63, 3.8) is 0 Å². The van der Waals surface area contributed by atoms with E-state index in [1.807, 2.05) is 0 Å². The minimum Gasteiger partial charge on any atom is -0.366 e. The van der Waals surface area contributed by atoms with Gasteiger partial charge in [0.15, 0.2) is 5.82 Å². The van der Waals surface area contributed by atoms with E-state index >= 15 is 0 Å². The van der Waals surface area contributed by atoms with E-state index in [4.69, 9.17) is 0 Å². The highest BCUT2D eigenvalue weighted by Crippen LogP contribution is 2.33. The number of nitrogens with zero attached hydrogens (tertiary/aromatic N) is 2. The van der Waals surface area contributed by atoms with Gasteiger partial charge in [-0.3, -0.25) is 4.79 Å². The molecule has 0 bridgehead atoms. The summed E-state index contributed by atoms with van der Waals surface area (Å²) in [6.07, 6.45) is -2.71. The number of aryl methyl sites for hydroxylation is 1. The van der Waals surface area contributed by atoms with Crippen LogP contribution >= 0.6 is 0 Å². The van der Waals surface area contributed by atoms with E-state index in [0.29, 0.717) is 0 Å². The van der Waals surface area contributed by atoms with Gasteiger partial charge in [-0.2, -0.15) is 18.3 Å². The van der Waals surface area contributed by atoms with E-state index in [9.17, 15) is 18.0 Å². The van der Waals surface area contributed by atoms with Crippen molar-refractivity contribution in [3.05, 3.63) is 17.3 Å². The summed E-state index contributed by atoms with van der Waals surface area (Å²) in [5.41, 5.74) is -0.650. The lowest BCUT2D eigenvalue weighted by atomic mass is 10.2. The van der Waals surface area contributed by atoms with Crippen molar-refractivity contribution in [2.45, 2.75) is 25.9 Å². The molecule has 1 aromatic rings. The Balaban J connectivity index is 1.90. The third-order valence-corrected chi connectivity index (χ3v) is 2.89. The average Bonchev–Trinajstić information content (AvgIpc) is 3.18. The summed E-state index contributed by atoms with van der Waals surface area (Å²) in [5.74, 6) is -0.276. The number of hydrogen-bond acceptors (Lipinski definition) is 4. The number of amides is 1. The summed E-state index contributed by atoms with van der Waals surface area (Å²) in [6.45, 7) is 1.86. The first-order chi connectivity index (χ1) is 9.38. The van der Waals surface area contributed by atoms with E-state index in [0.717, 1.165) is 18.9 Å². The Bertz CT molecular complexity index is 500. The normalized spacial score (nSPS) is 15.0. The summed E-state index contributed by atoms with van der Waals surface area (Å²) in [7, 11) is 0. The first-order valence-electron chi connectivity index (χ1n) is 6.31. The molecule has 2 rings (SSSR count). The van der Waals surface area contributed by atoms with Crippen LogP contribution in [0.3, 0.4) is 0 Å². The van der Waals surface area contributed by atoms with Crippen LogP contribution in [0.5, 0.6) is 0 Å². The number of rotatable bonds is 5. The maximum Gasteiger partial charge on any atom is 0.420 e. The lowest BCUT2D eigenvalue weighted by Crippen LogP contribution is -2.30. The van der Waals surface area contributed by atoms with Gasteiger partial charge in [-0.15, -0.1) is 5.10 Å². The van der Waals surface area contributed by atoms with E-state index in [1.165, 1.54) is 6.92 Å². The molecule has 0 aromatic carbocycles. The first kappa shape index (κ1) is 14.5. The molecule has 0 atom stereocenters. The van der Waals surface area contributed by atoms with Crippen LogP contribution in [0.25, 0.3) is 0 Å². The molecule has 0 unspecified atom stereocenters. The summed E-state index contributed by atoms with van der Waals surface area (Å²) < 4.78 is 38.4. The van der Waals surface area contributed by atoms with Gasteiger partial charge in [0.25, 0.3) is 0 Å². The standard InChI is InChI=1S/C12H15F3N4O/c1-7-6-9(12(13,14)15)10(19-18-7)16-4-5-17-11(20)8-2-3-8/h6,8H,2-5H2,1H3,(H,16,19)(H,17,20). The number of hydrogen-bond donors (Lipinski definition) is 2. The average molecular weight is 288 g/mol. The molecule has 5 nitrogen and oxygen atoms in total. The molecular weight excluding hydrogens is 273 g/mol. The van der Waals surface area contributed by atoms with Gasteiger partial charge >= 0.3 is 6.18 Å². The smallest absolute Gasteiger partial charge is 0.366 e. The zero-order chi connectivity index (χ0) is 14.8. The molecule has 0 spiro atoms. The van der Waals surface area contributed by atoms with Gasteiger partial charge in [-0.1, -0.05) is 0 Å². The highest BCUT2D eigenvalue weighted by molar-refractivity contribution is 5.80. The fraction of sp³-hybridized carbons (Fsp3) is 0.583. The quantitative estimate of drug-likeness (QED) is 0.810. The molecule has 1 saturated carbocycles. The largest absolute Gasteiger partial charge is 0.420 e. The molecule has 1 aromatic heterocycles. The molecule has 1 fully saturated rings. The minimum absolute atomic E-state index is 0.0437. The number of halogens is 3. The van der Waals surface area contributed by atoms with Crippen LogP contribution in [0.1, 0.15) is 24.1 Å². The number of carbonyl (C=O) groups excluding carboxylic acids is 1. The molecule has 0 aliphatic heterocycles. The number of anilines is 1. The maximum atomic E-state index is 12.8. The van der Waals surface area contributed by atoms with Crippen LogP contribution in [-0.2, 0) is 11.0 Å². The molecule has 2 N–H and O–H groups in total. The number of carbonyl (C=O) groups is 1. The molecule has 1 heterocycles. The van der Waals surface area contributed by atoms with Crippen LogP contribution in [0.15, 0.2) is 6.07 Å². The monoisotopic (exact) mass is 288 g/mol. The SMILES string of the molecule is Cc1cc(C(F)(F)F)c(NCCNC(=O)C2CC2)nn1. The summed E-state index contributed by atoms with van der Waals surface area (Å²) >= 11 is 0. The predicted molar refractivity (Wildman–Crippen MR) is 66.0 cm³/mol. The minimum atomic E-state index is -4.49. The second kappa shape index (κ2) is 5.64. The third-order valence-electron chi connectivity index (χ3n) is 2.89. The molecule has 110 valence electrons. The molecule has 1 aliphatic rings. The lowest BCUT2D eigenvalue weighted by molar-refractivity contribution is -0.137. The summed E-state index contributed by atoms with van der Waals surface area (Å²) in [5, 5.41) is 12.3. The van der Waals surface area contributed by atoms with Crippen molar-refractivity contribution in [3.8, 4) is 0 Å². The van der Waals surface area contributed by atoms with E-state index in [1.54, 1.807) is 0 Å². The Morgan fingerprint density at radius 1 is 1.35 bits per heavy atom. The molecule has 8 heteroatoms. The van der Waals surface area contributed by atoms with Crippen LogP contribution < -0.4 is 10.6 Å². The summed E-state index contributed by atoms with van der Waals surface area (Å²) in [6, 6.07) is 0.943. The van der Waals surface area contributed by atoms with Crippen LogP contribution in [0.2, 0.25) is 0 Å². The topological polar surface area (TPSA) is 66.9 Å². The molecule has 0 saturated heterocycles. The summed E-state index contributed by atoms with van der Waals surface area (Å²) in [4.78, 5) is 11.3. The highest BCUT2D eigenvalue weighted by atomic mass is 19.4. The van der Waals surface area contributed by atoms with Crippen molar-refractivity contribution >= 4 is 11.7 Å². The van der Waals surface area contributed by atoms with E-state index < -0.39 is 11.7 Å². The molecule has 1 aliphatic carbocycles. The second-order valence-electron chi connectivity index (χ2n) is 4.74. The van der Waals surface area contributed by atoms with Gasteiger partial charge < -0.3 is 10.6 Å². The van der Waals surface area contributed by atoms with E-state index in [2.05, 4.69) is 20.8 Å². The third kappa shape index (κ3) is 3.82. The first-order valence-corrected chi connectivity index (χ1v) is 6.31. The Kier molecular flexibility index (Phi) is 4.10. The van der Waals surface area contributed by atoms with Gasteiger partial charge in [0, 0.05) is 19.0 Å². The zero-order valence-electron chi connectivity index (χ0n) is 10.9. The Labute approximate surface area is 114 Å². The number of alkyl halides is 3. The Morgan fingerprint density at radius 3 is 2.65 bits per heavy atom. The van der Waals surface area contributed by atoms with Gasteiger partial charge in [0.2, 0.25) is 5.91 Å². The van der Waals surface area contributed by atoms with Gasteiger partial charge in [0.05, 0.1) is 5.69 Å². The zero-order valence-corrected chi connectivity index (χ0v) is 10.9. The molecule has 20 heavy (non-hydrogen) atoms. The van der Waals surface area contributed by atoms with E-state index in [-0.39, 0.29) is 36.4 Å². The maximum absolute atomic E-state index is 12.8. The molecule has 0 radical (unpaired) electrons. The highest BCUT2D eigenvalue weighted by Gasteiger charge is 2.35. The van der Waals surface area contributed by atoms with Crippen LogP contribution in [0, 0.1) is 12.8 Å². The Morgan fingerprint density at radius 2 is 2.05 bits per heavy atom. The van der Waals surface area contributed by atoms with Gasteiger partial charge in [-0.25, -0.2) is 0 Å². The Hall–Kier alpha value is -1.86. The molecule has 1 amide bonds. The number of aromatic nitrogens is 2. The van der Waals surface area contributed by atoms with Crippen molar-refractivity contribution in [1.29, 1.82) is 0 Å².